The lowest BCUT2D eigenvalue weighted by atomic mass is 10.2. The lowest BCUT2D eigenvalue weighted by Gasteiger charge is -2.13. The SMILES string of the molecule is CCOc1c(Cl)cc(CNc2nc(C)ns2)cc1OC. The summed E-state index contributed by atoms with van der Waals surface area (Å²) in [6.45, 7) is 4.90. The second kappa shape index (κ2) is 6.76. The van der Waals surface area contributed by atoms with Crippen molar-refractivity contribution in [1.82, 2.24) is 9.36 Å². The number of anilines is 1. The van der Waals surface area contributed by atoms with Crippen LogP contribution in [-0.2, 0) is 6.54 Å². The van der Waals surface area contributed by atoms with Gasteiger partial charge in [-0.05, 0) is 31.5 Å². The molecule has 0 amide bonds. The third kappa shape index (κ3) is 3.52. The highest BCUT2D eigenvalue weighted by molar-refractivity contribution is 7.09. The average Bonchev–Trinajstić information content (AvgIpc) is 2.85. The van der Waals surface area contributed by atoms with Crippen LogP contribution in [0.25, 0.3) is 0 Å². The Morgan fingerprint density at radius 2 is 2.20 bits per heavy atom. The number of methoxy groups -OCH3 is 1. The number of nitrogens with one attached hydrogen (secondary N) is 1. The van der Waals surface area contributed by atoms with E-state index in [1.54, 1.807) is 7.11 Å². The van der Waals surface area contributed by atoms with E-state index in [-0.39, 0.29) is 0 Å². The van der Waals surface area contributed by atoms with Crippen molar-refractivity contribution in [3.63, 3.8) is 0 Å². The Kier molecular flexibility index (Phi) is 5.03. The zero-order chi connectivity index (χ0) is 14.5. The second-order valence-electron chi connectivity index (χ2n) is 4.04. The number of nitrogens with zero attached hydrogens (tertiary/aromatic N) is 2. The summed E-state index contributed by atoms with van der Waals surface area (Å²) in [7, 11) is 1.60. The molecule has 0 bridgehead atoms. The fraction of sp³-hybridized carbons (Fsp3) is 0.385. The van der Waals surface area contributed by atoms with Crippen LogP contribution in [0.5, 0.6) is 11.5 Å². The van der Waals surface area contributed by atoms with Gasteiger partial charge in [-0.25, -0.2) is 4.98 Å². The monoisotopic (exact) mass is 313 g/mol. The minimum atomic E-state index is 0.538. The van der Waals surface area contributed by atoms with Crippen LogP contribution >= 0.6 is 23.1 Å². The van der Waals surface area contributed by atoms with Gasteiger partial charge in [0.2, 0.25) is 5.13 Å². The quantitative estimate of drug-likeness (QED) is 0.884. The molecule has 0 radical (unpaired) electrons. The molecule has 1 aromatic carbocycles. The number of hydrogen-bond acceptors (Lipinski definition) is 6. The minimum absolute atomic E-state index is 0.538. The standard InChI is InChI=1S/C13H16ClN3O2S/c1-4-19-12-10(14)5-9(6-11(12)18-3)7-15-13-16-8(2)17-20-13/h5-6H,4,7H2,1-3H3,(H,15,16,17). The van der Waals surface area contributed by atoms with E-state index in [0.29, 0.717) is 29.7 Å². The van der Waals surface area contributed by atoms with Crippen LogP contribution in [-0.4, -0.2) is 23.1 Å². The Hall–Kier alpha value is -1.53. The normalized spacial score (nSPS) is 10.4. The first kappa shape index (κ1) is 14.9. The molecule has 0 aliphatic heterocycles. The van der Waals surface area contributed by atoms with Crippen LogP contribution < -0.4 is 14.8 Å². The van der Waals surface area contributed by atoms with E-state index < -0.39 is 0 Å². The van der Waals surface area contributed by atoms with Crippen LogP contribution in [0.1, 0.15) is 18.3 Å². The van der Waals surface area contributed by atoms with E-state index >= 15 is 0 Å². The van der Waals surface area contributed by atoms with E-state index in [0.717, 1.165) is 16.5 Å². The first-order chi connectivity index (χ1) is 9.63. The maximum absolute atomic E-state index is 6.22. The Balaban J connectivity index is 2.14. The molecular weight excluding hydrogens is 298 g/mol. The van der Waals surface area contributed by atoms with Crippen molar-refractivity contribution >= 4 is 28.3 Å². The number of rotatable bonds is 6. The highest BCUT2D eigenvalue weighted by Gasteiger charge is 2.11. The van der Waals surface area contributed by atoms with Crippen LogP contribution in [0.15, 0.2) is 12.1 Å². The van der Waals surface area contributed by atoms with Crippen molar-refractivity contribution in [3.8, 4) is 11.5 Å². The van der Waals surface area contributed by atoms with Crippen molar-refractivity contribution in [3.05, 3.63) is 28.5 Å². The molecule has 2 rings (SSSR count). The largest absolute Gasteiger partial charge is 0.493 e. The molecule has 20 heavy (non-hydrogen) atoms. The van der Waals surface area contributed by atoms with Crippen molar-refractivity contribution in [2.75, 3.05) is 19.0 Å². The average molecular weight is 314 g/mol. The number of aromatic nitrogens is 2. The van der Waals surface area contributed by atoms with Gasteiger partial charge in [0.25, 0.3) is 0 Å². The number of hydrogen-bond donors (Lipinski definition) is 1. The molecule has 0 aliphatic rings. The number of benzene rings is 1. The number of aryl methyl sites for hydroxylation is 1. The summed E-state index contributed by atoms with van der Waals surface area (Å²) in [6.07, 6.45) is 0. The highest BCUT2D eigenvalue weighted by atomic mass is 35.5. The summed E-state index contributed by atoms with van der Waals surface area (Å²) in [5, 5.41) is 4.52. The zero-order valence-corrected chi connectivity index (χ0v) is 13.1. The maximum atomic E-state index is 6.22. The molecule has 5 nitrogen and oxygen atoms in total. The van der Waals surface area contributed by atoms with Crippen LogP contribution in [0, 0.1) is 6.92 Å². The third-order valence-electron chi connectivity index (χ3n) is 2.55. The van der Waals surface area contributed by atoms with Crippen molar-refractivity contribution in [1.29, 1.82) is 0 Å². The van der Waals surface area contributed by atoms with Gasteiger partial charge in [-0.15, -0.1) is 0 Å². The van der Waals surface area contributed by atoms with Gasteiger partial charge in [-0.1, -0.05) is 11.6 Å². The first-order valence-corrected chi connectivity index (χ1v) is 7.32. The minimum Gasteiger partial charge on any atom is -0.493 e. The Morgan fingerprint density at radius 1 is 1.40 bits per heavy atom. The molecule has 0 saturated heterocycles. The van der Waals surface area contributed by atoms with E-state index in [1.807, 2.05) is 26.0 Å². The Bertz CT molecular complexity index is 589. The van der Waals surface area contributed by atoms with Gasteiger partial charge in [-0.2, -0.15) is 4.37 Å². The number of halogens is 1. The molecule has 0 saturated carbocycles. The fourth-order valence-electron chi connectivity index (χ4n) is 1.71. The second-order valence-corrected chi connectivity index (χ2v) is 5.20. The van der Waals surface area contributed by atoms with Crippen molar-refractivity contribution < 1.29 is 9.47 Å². The van der Waals surface area contributed by atoms with Gasteiger partial charge in [-0.3, -0.25) is 0 Å². The summed E-state index contributed by atoms with van der Waals surface area (Å²) in [6, 6.07) is 3.76. The van der Waals surface area contributed by atoms with E-state index in [9.17, 15) is 0 Å². The molecule has 0 fully saturated rings. The van der Waals surface area contributed by atoms with Gasteiger partial charge in [0.1, 0.15) is 5.82 Å². The van der Waals surface area contributed by atoms with Gasteiger partial charge < -0.3 is 14.8 Å². The third-order valence-corrected chi connectivity index (χ3v) is 3.59. The van der Waals surface area contributed by atoms with E-state index in [2.05, 4.69) is 14.7 Å². The lowest BCUT2D eigenvalue weighted by Crippen LogP contribution is -2.02. The highest BCUT2D eigenvalue weighted by Crippen LogP contribution is 2.36. The molecule has 1 N–H and O–H groups in total. The molecule has 1 aromatic heterocycles. The van der Waals surface area contributed by atoms with E-state index in [4.69, 9.17) is 21.1 Å². The molecule has 7 heteroatoms. The summed E-state index contributed by atoms with van der Waals surface area (Å²) < 4.78 is 14.9. The first-order valence-electron chi connectivity index (χ1n) is 6.17. The molecule has 1 heterocycles. The maximum Gasteiger partial charge on any atom is 0.202 e. The molecule has 0 spiro atoms. The van der Waals surface area contributed by atoms with Crippen LogP contribution in [0.4, 0.5) is 5.13 Å². The van der Waals surface area contributed by atoms with Gasteiger partial charge in [0.05, 0.1) is 18.7 Å². The van der Waals surface area contributed by atoms with Crippen molar-refractivity contribution in [2.45, 2.75) is 20.4 Å². The van der Waals surface area contributed by atoms with Crippen molar-refractivity contribution in [2.24, 2.45) is 0 Å². The molecule has 0 atom stereocenters. The summed E-state index contributed by atoms with van der Waals surface area (Å²) in [5.74, 6) is 1.97. The summed E-state index contributed by atoms with van der Waals surface area (Å²) >= 11 is 7.55. The van der Waals surface area contributed by atoms with E-state index in [1.165, 1.54) is 11.5 Å². The zero-order valence-electron chi connectivity index (χ0n) is 11.6. The summed E-state index contributed by atoms with van der Waals surface area (Å²) in [5.41, 5.74) is 0.989. The van der Waals surface area contributed by atoms with Crippen LogP contribution in [0.3, 0.4) is 0 Å². The smallest absolute Gasteiger partial charge is 0.202 e. The molecule has 0 aliphatic carbocycles. The Morgan fingerprint density at radius 3 is 2.80 bits per heavy atom. The predicted octanol–water partition coefficient (Wildman–Crippen LogP) is 3.52. The number of ether oxygens (including phenoxy) is 2. The summed E-state index contributed by atoms with van der Waals surface area (Å²) in [4.78, 5) is 4.25. The molecule has 2 aromatic rings. The van der Waals surface area contributed by atoms with Gasteiger partial charge in [0.15, 0.2) is 11.5 Å². The molecule has 0 unspecified atom stereocenters. The topological polar surface area (TPSA) is 56.3 Å². The molecular formula is C13H16ClN3O2S. The lowest BCUT2D eigenvalue weighted by molar-refractivity contribution is 0.311. The Labute approximate surface area is 127 Å². The van der Waals surface area contributed by atoms with Gasteiger partial charge in [0, 0.05) is 18.1 Å². The fourth-order valence-corrected chi connectivity index (χ4v) is 2.56. The molecule has 108 valence electrons. The predicted molar refractivity (Wildman–Crippen MR) is 81.1 cm³/mol. The van der Waals surface area contributed by atoms with Gasteiger partial charge >= 0.3 is 0 Å². The van der Waals surface area contributed by atoms with Crippen LogP contribution in [0.2, 0.25) is 5.02 Å².